The number of ether oxygens (including phenoxy) is 2. The summed E-state index contributed by atoms with van der Waals surface area (Å²) in [6, 6.07) is 7.96. The molecule has 210 valence electrons. The van der Waals surface area contributed by atoms with E-state index in [1.807, 2.05) is 10.9 Å². The zero-order valence-corrected chi connectivity index (χ0v) is 22.0. The van der Waals surface area contributed by atoms with Crippen molar-refractivity contribution in [2.45, 2.75) is 68.8 Å². The number of carbonyl (C=O) groups is 1. The zero-order chi connectivity index (χ0) is 28.2. The number of aromatic amines is 1. The number of hydrogen-bond acceptors (Lipinski definition) is 10. The summed E-state index contributed by atoms with van der Waals surface area (Å²) in [5.74, 6) is 1.55. The summed E-state index contributed by atoms with van der Waals surface area (Å²) in [5.41, 5.74) is -4.04. The van der Waals surface area contributed by atoms with Crippen LogP contribution in [0.1, 0.15) is 38.8 Å². The number of nitrogens with zero attached hydrogens (tertiary/aromatic N) is 1. The highest BCUT2D eigenvalue weighted by Crippen LogP contribution is 2.47. The van der Waals surface area contributed by atoms with Gasteiger partial charge in [0.25, 0.3) is 5.56 Å². The molecule has 2 aromatic rings. The smallest absolute Gasteiger partial charge is 0.459 e. The van der Waals surface area contributed by atoms with Crippen LogP contribution in [-0.2, 0) is 23.4 Å². The molecule has 0 bridgehead atoms. The molecule has 0 spiro atoms. The van der Waals surface area contributed by atoms with Crippen molar-refractivity contribution in [3.63, 3.8) is 0 Å². The van der Waals surface area contributed by atoms with Crippen molar-refractivity contribution >= 4 is 13.7 Å². The van der Waals surface area contributed by atoms with Gasteiger partial charge in [0.1, 0.15) is 30.1 Å². The minimum absolute atomic E-state index is 0.162. The van der Waals surface area contributed by atoms with E-state index >= 15 is 0 Å². The van der Waals surface area contributed by atoms with Crippen LogP contribution in [0.25, 0.3) is 0 Å². The van der Waals surface area contributed by atoms with Gasteiger partial charge in [-0.05, 0) is 44.7 Å². The molecule has 13 nitrogen and oxygen atoms in total. The Balaban J connectivity index is 1.52. The number of aliphatic hydroxyl groups is 2. The molecule has 0 radical (unpaired) electrons. The Bertz CT molecular complexity index is 1370. The lowest BCUT2D eigenvalue weighted by Gasteiger charge is -2.26. The molecule has 2 fully saturated rings. The molecule has 0 amide bonds. The van der Waals surface area contributed by atoms with Gasteiger partial charge < -0.3 is 24.2 Å². The van der Waals surface area contributed by atoms with Gasteiger partial charge in [0.2, 0.25) is 0 Å². The standard InChI is InChI=1S/C25H30N3O10P/c1-3-25(33)21(30)19(37-23(25)28-14-13-20(29)26-24(28)32)15-35-39(34,38-18-11-5-4-6-12-18)27-16(2)22(31)36-17-9-7-8-10-17/h1,4-6,11-14,16-17,19,21,23,30,33H,7-10,15H2,2H3,(H,27,34)(H,26,29,32)/t16?,19-,21-,23-,25-,39?/m1/s1. The van der Waals surface area contributed by atoms with Crippen molar-refractivity contribution in [3.8, 4) is 18.1 Å². The molecule has 4 rings (SSSR count). The van der Waals surface area contributed by atoms with E-state index in [1.165, 1.54) is 19.1 Å². The second-order valence-corrected chi connectivity index (χ2v) is 11.0. The number of para-hydroxylation sites is 1. The third kappa shape index (κ3) is 6.50. The van der Waals surface area contributed by atoms with Crippen LogP contribution < -0.4 is 20.9 Å². The number of rotatable bonds is 10. The maximum Gasteiger partial charge on any atom is 0.459 e. The topological polar surface area (TPSA) is 178 Å². The lowest BCUT2D eigenvalue weighted by atomic mass is 9.95. The molecular weight excluding hydrogens is 533 g/mol. The van der Waals surface area contributed by atoms with Gasteiger partial charge in [0, 0.05) is 12.3 Å². The maximum absolute atomic E-state index is 13.8. The molecule has 1 saturated carbocycles. The number of H-pyrrole nitrogens is 1. The molecule has 1 saturated heterocycles. The fraction of sp³-hybridized carbons (Fsp3) is 0.480. The Morgan fingerprint density at radius 1 is 1.31 bits per heavy atom. The van der Waals surface area contributed by atoms with Crippen LogP contribution in [0, 0.1) is 12.3 Å². The molecule has 1 aromatic heterocycles. The Labute approximate surface area is 223 Å². The van der Waals surface area contributed by atoms with Gasteiger partial charge >= 0.3 is 19.4 Å². The molecule has 1 aliphatic carbocycles. The average Bonchev–Trinajstić information content (AvgIpc) is 3.50. The maximum atomic E-state index is 13.8. The Kier molecular flexibility index (Phi) is 8.76. The van der Waals surface area contributed by atoms with Crippen molar-refractivity contribution in [2.24, 2.45) is 0 Å². The molecule has 39 heavy (non-hydrogen) atoms. The lowest BCUT2D eigenvalue weighted by Crippen LogP contribution is -2.48. The molecule has 2 aliphatic rings. The number of aromatic nitrogens is 2. The predicted octanol–water partition coefficient (Wildman–Crippen LogP) is 0.827. The second kappa shape index (κ2) is 11.9. The first kappa shape index (κ1) is 28.8. The van der Waals surface area contributed by atoms with Gasteiger partial charge in [-0.3, -0.25) is 23.7 Å². The quantitative estimate of drug-likeness (QED) is 0.183. The number of hydrogen-bond donors (Lipinski definition) is 4. The summed E-state index contributed by atoms with van der Waals surface area (Å²) < 4.78 is 36.9. The molecular formula is C25H30N3O10P. The summed E-state index contributed by atoms with van der Waals surface area (Å²) in [5, 5.41) is 24.3. The third-order valence-corrected chi connectivity index (χ3v) is 8.13. The van der Waals surface area contributed by atoms with E-state index in [1.54, 1.807) is 18.2 Å². The molecule has 2 heterocycles. The summed E-state index contributed by atoms with van der Waals surface area (Å²) in [6.07, 6.45) is 4.90. The van der Waals surface area contributed by atoms with E-state index in [0.717, 1.165) is 42.5 Å². The SMILES string of the molecule is C#C[C@@]1(O)[C@H](O)[C@@H](COP(=O)(NC(C)C(=O)OC2CCCC2)Oc2ccccc2)O[C@H]1n1ccc(=O)[nH]c1=O. The fourth-order valence-corrected chi connectivity index (χ4v) is 5.90. The van der Waals surface area contributed by atoms with E-state index in [9.17, 15) is 29.2 Å². The summed E-state index contributed by atoms with van der Waals surface area (Å²) in [7, 11) is -4.32. The van der Waals surface area contributed by atoms with Crippen molar-refractivity contribution < 1.29 is 38.1 Å². The van der Waals surface area contributed by atoms with Crippen molar-refractivity contribution in [1.29, 1.82) is 0 Å². The van der Waals surface area contributed by atoms with Crippen LogP contribution in [0.4, 0.5) is 0 Å². The Hall–Kier alpha value is -3.24. The summed E-state index contributed by atoms with van der Waals surface area (Å²) in [6.45, 7) is 0.805. The minimum atomic E-state index is -4.32. The number of aliphatic hydroxyl groups excluding tert-OH is 1. The average molecular weight is 564 g/mol. The van der Waals surface area contributed by atoms with E-state index in [2.05, 4.69) is 5.09 Å². The van der Waals surface area contributed by atoms with Gasteiger partial charge in [-0.1, -0.05) is 24.1 Å². The highest BCUT2D eigenvalue weighted by Gasteiger charge is 2.56. The Morgan fingerprint density at radius 3 is 2.64 bits per heavy atom. The molecule has 6 atom stereocenters. The van der Waals surface area contributed by atoms with Crippen LogP contribution >= 0.6 is 7.75 Å². The number of nitrogens with one attached hydrogen (secondary N) is 2. The number of esters is 1. The van der Waals surface area contributed by atoms with Gasteiger partial charge in [-0.2, -0.15) is 5.09 Å². The van der Waals surface area contributed by atoms with Crippen LogP contribution in [-0.4, -0.2) is 62.3 Å². The van der Waals surface area contributed by atoms with Crippen LogP contribution in [0.5, 0.6) is 5.75 Å². The number of benzene rings is 1. The molecule has 1 aliphatic heterocycles. The first-order valence-electron chi connectivity index (χ1n) is 12.4. The molecule has 4 N–H and O–H groups in total. The van der Waals surface area contributed by atoms with Crippen molar-refractivity contribution in [1.82, 2.24) is 14.6 Å². The van der Waals surface area contributed by atoms with E-state index in [4.69, 9.17) is 24.9 Å². The lowest BCUT2D eigenvalue weighted by molar-refractivity contribution is -0.150. The van der Waals surface area contributed by atoms with Gasteiger partial charge in [0.05, 0.1) is 6.61 Å². The van der Waals surface area contributed by atoms with Crippen LogP contribution in [0.15, 0.2) is 52.2 Å². The van der Waals surface area contributed by atoms with Crippen LogP contribution in [0.3, 0.4) is 0 Å². The summed E-state index contributed by atoms with van der Waals surface area (Å²) >= 11 is 0. The van der Waals surface area contributed by atoms with Crippen LogP contribution in [0.2, 0.25) is 0 Å². The second-order valence-electron chi connectivity index (χ2n) is 9.35. The first-order chi connectivity index (χ1) is 18.5. The monoisotopic (exact) mass is 563 g/mol. The summed E-state index contributed by atoms with van der Waals surface area (Å²) in [4.78, 5) is 38.4. The van der Waals surface area contributed by atoms with Crippen molar-refractivity contribution in [3.05, 3.63) is 63.4 Å². The highest BCUT2D eigenvalue weighted by molar-refractivity contribution is 7.52. The predicted molar refractivity (Wildman–Crippen MR) is 137 cm³/mol. The number of carbonyl (C=O) groups excluding carboxylic acids is 1. The molecule has 2 unspecified atom stereocenters. The first-order valence-corrected chi connectivity index (χ1v) is 13.9. The van der Waals surface area contributed by atoms with E-state index < -0.39 is 61.7 Å². The van der Waals surface area contributed by atoms with Gasteiger partial charge in [-0.25, -0.2) is 9.36 Å². The fourth-order valence-electron chi connectivity index (χ4n) is 4.39. The largest absolute Gasteiger partial charge is 0.461 e. The third-order valence-electron chi connectivity index (χ3n) is 6.49. The zero-order valence-electron chi connectivity index (χ0n) is 21.1. The van der Waals surface area contributed by atoms with E-state index in [-0.39, 0.29) is 11.9 Å². The van der Waals surface area contributed by atoms with Gasteiger partial charge in [0.15, 0.2) is 11.8 Å². The minimum Gasteiger partial charge on any atom is -0.461 e. The molecule has 14 heteroatoms. The number of terminal acetylenes is 1. The van der Waals surface area contributed by atoms with Crippen molar-refractivity contribution in [2.75, 3.05) is 6.61 Å². The highest BCUT2D eigenvalue weighted by atomic mass is 31.2. The molecule has 1 aromatic carbocycles. The van der Waals surface area contributed by atoms with Gasteiger partial charge in [-0.15, -0.1) is 6.42 Å². The van der Waals surface area contributed by atoms with E-state index in [0.29, 0.717) is 0 Å². The Morgan fingerprint density at radius 2 is 2.00 bits per heavy atom. The normalized spacial score (nSPS) is 27.4.